The van der Waals surface area contributed by atoms with E-state index in [2.05, 4.69) is 10.0 Å². The maximum atomic E-state index is 12.2. The molecule has 2 rings (SSSR count). The highest BCUT2D eigenvalue weighted by molar-refractivity contribution is 7.89. The van der Waals surface area contributed by atoms with Crippen molar-refractivity contribution in [3.63, 3.8) is 0 Å². The molecule has 1 fully saturated rings. The van der Waals surface area contributed by atoms with Crippen LogP contribution < -0.4 is 15.8 Å². The Kier molecular flexibility index (Phi) is 6.81. The highest BCUT2D eigenvalue weighted by atomic mass is 35.5. The fourth-order valence-corrected chi connectivity index (χ4v) is 3.67. The quantitative estimate of drug-likeness (QED) is 0.703. The van der Waals surface area contributed by atoms with Crippen molar-refractivity contribution in [2.24, 2.45) is 11.7 Å². The SMILES string of the molecule is CC(C)(C)NS(=O)(=O)c1ccc(C(=O)NCC(N)C2CC2)cc1.Cl. The molecule has 4 N–H and O–H groups in total. The summed E-state index contributed by atoms with van der Waals surface area (Å²) in [5, 5.41) is 2.79. The first kappa shape index (κ1) is 20.9. The van der Waals surface area contributed by atoms with Gasteiger partial charge in [0.1, 0.15) is 0 Å². The molecule has 6 nitrogen and oxygen atoms in total. The highest BCUT2D eigenvalue weighted by Gasteiger charge is 2.28. The number of carbonyl (C=O) groups is 1. The van der Waals surface area contributed by atoms with Crippen molar-refractivity contribution < 1.29 is 13.2 Å². The summed E-state index contributed by atoms with van der Waals surface area (Å²) >= 11 is 0. The summed E-state index contributed by atoms with van der Waals surface area (Å²) in [6.07, 6.45) is 2.26. The average Bonchev–Trinajstić information content (AvgIpc) is 3.26. The molecule has 1 saturated carbocycles. The first-order chi connectivity index (χ1) is 10.6. The van der Waals surface area contributed by atoms with E-state index >= 15 is 0 Å². The standard InChI is InChI=1S/C16H25N3O3S.ClH/c1-16(2,3)19-23(21,22)13-8-6-12(7-9-13)15(20)18-10-14(17)11-4-5-11;/h6-9,11,14,19H,4-5,10,17H2,1-3H3,(H,18,20);1H. The number of carbonyl (C=O) groups excluding carboxylic acids is 1. The van der Waals surface area contributed by atoms with Gasteiger partial charge in [0, 0.05) is 23.7 Å². The fourth-order valence-electron chi connectivity index (χ4n) is 2.25. The zero-order chi connectivity index (χ0) is 17.3. The topological polar surface area (TPSA) is 101 Å². The van der Waals surface area contributed by atoms with Gasteiger partial charge >= 0.3 is 0 Å². The molecule has 0 heterocycles. The van der Waals surface area contributed by atoms with Crippen molar-refractivity contribution in [3.05, 3.63) is 29.8 Å². The van der Waals surface area contributed by atoms with Crippen LogP contribution in [0, 0.1) is 5.92 Å². The molecule has 0 aromatic heterocycles. The van der Waals surface area contributed by atoms with E-state index in [4.69, 9.17) is 5.73 Å². The van der Waals surface area contributed by atoms with Crippen molar-refractivity contribution in [2.75, 3.05) is 6.54 Å². The largest absolute Gasteiger partial charge is 0.350 e. The monoisotopic (exact) mass is 375 g/mol. The van der Waals surface area contributed by atoms with E-state index < -0.39 is 15.6 Å². The number of sulfonamides is 1. The molecule has 1 amide bonds. The minimum Gasteiger partial charge on any atom is -0.350 e. The van der Waals surface area contributed by atoms with Gasteiger partial charge in [-0.15, -0.1) is 12.4 Å². The Morgan fingerprint density at radius 2 is 1.79 bits per heavy atom. The van der Waals surface area contributed by atoms with Crippen LogP contribution in [0.1, 0.15) is 44.0 Å². The number of rotatable bonds is 6. The summed E-state index contributed by atoms with van der Waals surface area (Å²) in [7, 11) is -3.59. The lowest BCUT2D eigenvalue weighted by molar-refractivity contribution is 0.0950. The first-order valence-electron chi connectivity index (χ1n) is 7.76. The molecule has 0 spiro atoms. The second kappa shape index (κ2) is 7.82. The van der Waals surface area contributed by atoms with Crippen LogP contribution in [0.4, 0.5) is 0 Å². The van der Waals surface area contributed by atoms with E-state index in [1.807, 2.05) is 0 Å². The van der Waals surface area contributed by atoms with Crippen LogP contribution in [0.3, 0.4) is 0 Å². The molecule has 1 unspecified atom stereocenters. The Bertz CT molecular complexity index is 665. The number of nitrogens with two attached hydrogens (primary N) is 1. The predicted octanol–water partition coefficient (Wildman–Crippen LogP) is 1.65. The average molecular weight is 376 g/mol. The van der Waals surface area contributed by atoms with Crippen LogP contribution >= 0.6 is 12.4 Å². The van der Waals surface area contributed by atoms with E-state index in [1.165, 1.54) is 24.3 Å². The van der Waals surface area contributed by atoms with E-state index in [9.17, 15) is 13.2 Å². The van der Waals surface area contributed by atoms with E-state index in [1.54, 1.807) is 20.8 Å². The molecule has 1 aliphatic carbocycles. The van der Waals surface area contributed by atoms with Crippen molar-refractivity contribution in [3.8, 4) is 0 Å². The smallest absolute Gasteiger partial charge is 0.251 e. The molecular weight excluding hydrogens is 350 g/mol. The Labute approximate surface area is 150 Å². The Balaban J connectivity index is 0.00000288. The minimum atomic E-state index is -3.59. The number of halogens is 1. The van der Waals surface area contributed by atoms with Gasteiger partial charge in [-0.2, -0.15) is 0 Å². The zero-order valence-electron chi connectivity index (χ0n) is 14.2. The van der Waals surface area contributed by atoms with Crippen LogP contribution in [0.15, 0.2) is 29.2 Å². The number of amides is 1. The van der Waals surface area contributed by atoms with Gasteiger partial charge in [-0.1, -0.05) is 0 Å². The van der Waals surface area contributed by atoms with Gasteiger partial charge in [-0.05, 0) is 63.8 Å². The lowest BCUT2D eigenvalue weighted by atomic mass is 10.1. The van der Waals surface area contributed by atoms with Gasteiger partial charge in [-0.25, -0.2) is 13.1 Å². The molecule has 8 heteroatoms. The van der Waals surface area contributed by atoms with Gasteiger partial charge in [0.15, 0.2) is 0 Å². The molecule has 0 saturated heterocycles. The molecular formula is C16H26ClN3O3S. The molecule has 0 aliphatic heterocycles. The summed E-state index contributed by atoms with van der Waals surface area (Å²) in [5.74, 6) is 0.278. The third-order valence-corrected chi connectivity index (χ3v) is 5.37. The Hall–Kier alpha value is -1.15. The van der Waals surface area contributed by atoms with Crippen molar-refractivity contribution in [1.82, 2.24) is 10.0 Å². The van der Waals surface area contributed by atoms with Crippen LogP contribution in [-0.4, -0.2) is 32.5 Å². The summed E-state index contributed by atoms with van der Waals surface area (Å²) < 4.78 is 27.0. The first-order valence-corrected chi connectivity index (χ1v) is 9.25. The Morgan fingerprint density at radius 1 is 1.25 bits per heavy atom. The third-order valence-electron chi connectivity index (χ3n) is 3.59. The van der Waals surface area contributed by atoms with Crippen molar-refractivity contribution in [2.45, 2.75) is 50.1 Å². The number of nitrogens with one attached hydrogen (secondary N) is 2. The molecule has 0 bridgehead atoms. The molecule has 1 aliphatic rings. The second-order valence-electron chi connectivity index (χ2n) is 7.09. The summed E-state index contributed by atoms with van der Waals surface area (Å²) in [4.78, 5) is 12.2. The summed E-state index contributed by atoms with van der Waals surface area (Å²) in [6.45, 7) is 5.76. The number of hydrogen-bond donors (Lipinski definition) is 3. The maximum Gasteiger partial charge on any atom is 0.251 e. The predicted molar refractivity (Wildman–Crippen MR) is 96.8 cm³/mol. The number of benzene rings is 1. The van der Waals surface area contributed by atoms with E-state index in [-0.39, 0.29) is 29.3 Å². The van der Waals surface area contributed by atoms with Gasteiger partial charge < -0.3 is 11.1 Å². The molecule has 1 atom stereocenters. The molecule has 136 valence electrons. The fraction of sp³-hybridized carbons (Fsp3) is 0.562. The second-order valence-corrected chi connectivity index (χ2v) is 8.77. The lowest BCUT2D eigenvalue weighted by Crippen LogP contribution is -2.40. The van der Waals surface area contributed by atoms with Crippen LogP contribution in [0.5, 0.6) is 0 Å². The highest BCUT2D eigenvalue weighted by Crippen LogP contribution is 2.31. The van der Waals surface area contributed by atoms with Crippen LogP contribution in [0.2, 0.25) is 0 Å². The zero-order valence-corrected chi connectivity index (χ0v) is 15.8. The molecule has 24 heavy (non-hydrogen) atoms. The van der Waals surface area contributed by atoms with Gasteiger partial charge in [-0.3, -0.25) is 4.79 Å². The van der Waals surface area contributed by atoms with Gasteiger partial charge in [0.05, 0.1) is 4.90 Å². The maximum absolute atomic E-state index is 12.2. The van der Waals surface area contributed by atoms with E-state index in [0.717, 1.165) is 12.8 Å². The third kappa shape index (κ3) is 6.05. The summed E-state index contributed by atoms with van der Waals surface area (Å²) in [5.41, 5.74) is 5.80. The lowest BCUT2D eigenvalue weighted by Gasteiger charge is -2.20. The van der Waals surface area contributed by atoms with Gasteiger partial charge in [0.25, 0.3) is 5.91 Å². The van der Waals surface area contributed by atoms with Crippen molar-refractivity contribution in [1.29, 1.82) is 0 Å². The van der Waals surface area contributed by atoms with Crippen LogP contribution in [0.25, 0.3) is 0 Å². The minimum absolute atomic E-state index is 0. The van der Waals surface area contributed by atoms with E-state index in [0.29, 0.717) is 18.0 Å². The Morgan fingerprint density at radius 3 is 2.25 bits per heavy atom. The molecule has 0 radical (unpaired) electrons. The number of hydrogen-bond acceptors (Lipinski definition) is 4. The van der Waals surface area contributed by atoms with Gasteiger partial charge in [0.2, 0.25) is 10.0 Å². The molecule has 1 aromatic carbocycles. The van der Waals surface area contributed by atoms with Crippen LogP contribution in [-0.2, 0) is 10.0 Å². The molecule has 1 aromatic rings. The normalized spacial score (nSPS) is 16.2. The summed E-state index contributed by atoms with van der Waals surface area (Å²) in [6, 6.07) is 5.88. The van der Waals surface area contributed by atoms with Crippen molar-refractivity contribution >= 4 is 28.3 Å².